The number of aromatic nitrogens is 2. The van der Waals surface area contributed by atoms with Crippen molar-refractivity contribution >= 4 is 29.7 Å². The Hall–Kier alpha value is -4.26. The van der Waals surface area contributed by atoms with Crippen LogP contribution in [0, 0.1) is 5.92 Å². The van der Waals surface area contributed by atoms with Crippen LogP contribution in [0.15, 0.2) is 42.9 Å². The van der Waals surface area contributed by atoms with Crippen LogP contribution in [0.3, 0.4) is 0 Å². The van der Waals surface area contributed by atoms with Crippen LogP contribution in [0.25, 0.3) is 0 Å². The van der Waals surface area contributed by atoms with Crippen LogP contribution in [-0.2, 0) is 36.8 Å². The number of carbonyl (C=O) groups excluding carboxylic acids is 3. The van der Waals surface area contributed by atoms with Gasteiger partial charge in [0.15, 0.2) is 0 Å². The molecule has 2 rings (SSSR count). The van der Waals surface area contributed by atoms with Gasteiger partial charge >= 0.3 is 11.9 Å². The standard InChI is InChI=1S/C25H34N6O7/c1-14(2)8-18(23(35)31-20(25(37)38)11-21(32)33)30-24(36)19(10-16-12-27-13-28-16)29-22(34)17(26)9-15-6-4-3-5-7-15/h3-7,12-14,17-20H,8-11,26H2,1-2H3,(H,27,28)(H,29,34)(H,30,36)(H,31,35)(H,32,33)(H,37,38). The maximum absolute atomic E-state index is 13.3. The third kappa shape index (κ3) is 10.0. The largest absolute Gasteiger partial charge is 0.481 e. The van der Waals surface area contributed by atoms with Crippen LogP contribution >= 0.6 is 0 Å². The molecule has 1 aromatic carbocycles. The first kappa shape index (κ1) is 30.0. The van der Waals surface area contributed by atoms with E-state index in [1.54, 1.807) is 13.8 Å². The van der Waals surface area contributed by atoms with Crippen LogP contribution in [0.5, 0.6) is 0 Å². The maximum Gasteiger partial charge on any atom is 0.326 e. The van der Waals surface area contributed by atoms with Gasteiger partial charge in [0.2, 0.25) is 17.7 Å². The molecule has 1 heterocycles. The van der Waals surface area contributed by atoms with Crippen molar-refractivity contribution in [1.29, 1.82) is 0 Å². The summed E-state index contributed by atoms with van der Waals surface area (Å²) in [6.45, 7) is 3.59. The zero-order chi connectivity index (χ0) is 28.2. The van der Waals surface area contributed by atoms with Crippen molar-refractivity contribution < 1.29 is 34.2 Å². The molecule has 0 aliphatic carbocycles. The molecule has 8 N–H and O–H groups in total. The third-order valence-corrected chi connectivity index (χ3v) is 5.58. The average Bonchev–Trinajstić information content (AvgIpc) is 3.35. The summed E-state index contributed by atoms with van der Waals surface area (Å²) in [6.07, 6.45) is 2.46. The molecule has 2 aromatic rings. The van der Waals surface area contributed by atoms with E-state index in [-0.39, 0.29) is 25.2 Å². The molecule has 0 saturated heterocycles. The fourth-order valence-electron chi connectivity index (χ4n) is 3.69. The number of hydrogen-bond donors (Lipinski definition) is 7. The summed E-state index contributed by atoms with van der Waals surface area (Å²) >= 11 is 0. The monoisotopic (exact) mass is 530 g/mol. The molecule has 0 radical (unpaired) electrons. The van der Waals surface area contributed by atoms with Gasteiger partial charge in [0.1, 0.15) is 18.1 Å². The summed E-state index contributed by atoms with van der Waals surface area (Å²) in [5.41, 5.74) is 7.46. The predicted octanol–water partition coefficient (Wildman–Crippen LogP) is -0.418. The van der Waals surface area contributed by atoms with Gasteiger partial charge in [-0.05, 0) is 24.3 Å². The Bertz CT molecular complexity index is 1090. The first-order chi connectivity index (χ1) is 18.0. The molecule has 0 saturated carbocycles. The highest BCUT2D eigenvalue weighted by atomic mass is 16.4. The first-order valence-corrected chi connectivity index (χ1v) is 12.1. The molecule has 0 bridgehead atoms. The van der Waals surface area contributed by atoms with E-state index in [1.807, 2.05) is 30.3 Å². The highest BCUT2D eigenvalue weighted by molar-refractivity contribution is 5.94. The number of carboxylic acid groups (broad SMARTS) is 2. The van der Waals surface area contributed by atoms with Gasteiger partial charge in [-0.3, -0.25) is 19.2 Å². The summed E-state index contributed by atoms with van der Waals surface area (Å²) in [7, 11) is 0. The van der Waals surface area contributed by atoms with Gasteiger partial charge in [0, 0.05) is 18.3 Å². The summed E-state index contributed by atoms with van der Waals surface area (Å²) in [5.74, 6) is -5.15. The second-order valence-corrected chi connectivity index (χ2v) is 9.33. The Morgan fingerprint density at radius 2 is 1.50 bits per heavy atom. The van der Waals surface area contributed by atoms with Crippen molar-refractivity contribution in [2.24, 2.45) is 11.7 Å². The number of nitrogens with two attached hydrogens (primary N) is 1. The second kappa shape index (κ2) is 14.5. The van der Waals surface area contributed by atoms with Crippen LogP contribution in [0.2, 0.25) is 0 Å². The normalized spacial score (nSPS) is 14.1. The zero-order valence-corrected chi connectivity index (χ0v) is 21.2. The molecule has 13 nitrogen and oxygen atoms in total. The van der Waals surface area contributed by atoms with E-state index in [0.717, 1.165) is 5.56 Å². The lowest BCUT2D eigenvalue weighted by Crippen LogP contribution is -2.58. The molecule has 0 aliphatic heterocycles. The average molecular weight is 531 g/mol. The zero-order valence-electron chi connectivity index (χ0n) is 21.2. The highest BCUT2D eigenvalue weighted by Crippen LogP contribution is 2.09. The van der Waals surface area contributed by atoms with Gasteiger partial charge in [0.05, 0.1) is 18.8 Å². The summed E-state index contributed by atoms with van der Waals surface area (Å²) in [4.78, 5) is 68.2. The second-order valence-electron chi connectivity index (χ2n) is 9.33. The lowest BCUT2D eigenvalue weighted by Gasteiger charge is -2.26. The number of hydrogen-bond acceptors (Lipinski definition) is 7. The van der Waals surface area contributed by atoms with Crippen LogP contribution < -0.4 is 21.7 Å². The van der Waals surface area contributed by atoms with Crippen molar-refractivity contribution in [3.8, 4) is 0 Å². The number of aliphatic carboxylic acids is 2. The lowest BCUT2D eigenvalue weighted by molar-refractivity contribution is -0.147. The Morgan fingerprint density at radius 1 is 0.895 bits per heavy atom. The Morgan fingerprint density at radius 3 is 2.05 bits per heavy atom. The van der Waals surface area contributed by atoms with Gasteiger partial charge in [-0.15, -0.1) is 0 Å². The van der Waals surface area contributed by atoms with Crippen LogP contribution in [0.1, 0.15) is 37.9 Å². The summed E-state index contributed by atoms with van der Waals surface area (Å²) < 4.78 is 0. The minimum absolute atomic E-state index is 0.0163. The SMILES string of the molecule is CC(C)CC(NC(=O)C(Cc1cnc[nH]1)NC(=O)C(N)Cc1ccccc1)C(=O)NC(CC(=O)O)C(=O)O. The van der Waals surface area contributed by atoms with Crippen LogP contribution in [0.4, 0.5) is 0 Å². The third-order valence-electron chi connectivity index (χ3n) is 5.58. The molecule has 13 heteroatoms. The Labute approximate surface area is 219 Å². The van der Waals surface area contributed by atoms with E-state index in [0.29, 0.717) is 5.69 Å². The van der Waals surface area contributed by atoms with E-state index in [1.165, 1.54) is 12.5 Å². The van der Waals surface area contributed by atoms with Crippen molar-refractivity contribution in [3.63, 3.8) is 0 Å². The molecule has 1 aromatic heterocycles. The van der Waals surface area contributed by atoms with E-state index < -0.39 is 60.2 Å². The molecular formula is C25H34N6O7. The minimum atomic E-state index is -1.68. The van der Waals surface area contributed by atoms with Crippen molar-refractivity contribution in [1.82, 2.24) is 25.9 Å². The van der Waals surface area contributed by atoms with Gasteiger partial charge in [-0.25, -0.2) is 9.78 Å². The van der Waals surface area contributed by atoms with Gasteiger partial charge in [-0.2, -0.15) is 0 Å². The quantitative estimate of drug-likeness (QED) is 0.159. The van der Waals surface area contributed by atoms with Crippen LogP contribution in [-0.4, -0.2) is 74.0 Å². The number of nitrogens with one attached hydrogen (secondary N) is 4. The van der Waals surface area contributed by atoms with E-state index in [4.69, 9.17) is 10.8 Å². The van der Waals surface area contributed by atoms with Gasteiger partial charge < -0.3 is 36.9 Å². The molecule has 4 atom stereocenters. The topological polar surface area (TPSA) is 217 Å². The van der Waals surface area contributed by atoms with Crippen molar-refractivity contribution in [2.45, 2.75) is 63.7 Å². The van der Waals surface area contributed by atoms with Crippen molar-refractivity contribution in [3.05, 3.63) is 54.1 Å². The number of carboxylic acids is 2. The fraction of sp³-hybridized carbons (Fsp3) is 0.440. The fourth-order valence-corrected chi connectivity index (χ4v) is 3.69. The number of carbonyl (C=O) groups is 5. The van der Waals surface area contributed by atoms with Gasteiger partial charge in [-0.1, -0.05) is 44.2 Å². The number of aromatic amines is 1. The molecule has 38 heavy (non-hydrogen) atoms. The Balaban J connectivity index is 2.17. The minimum Gasteiger partial charge on any atom is -0.481 e. The predicted molar refractivity (Wildman–Crippen MR) is 136 cm³/mol. The lowest BCUT2D eigenvalue weighted by atomic mass is 10.0. The Kier molecular flexibility index (Phi) is 11.4. The number of benzene rings is 1. The summed E-state index contributed by atoms with van der Waals surface area (Å²) in [5, 5.41) is 25.6. The van der Waals surface area contributed by atoms with E-state index >= 15 is 0 Å². The molecule has 4 unspecified atom stereocenters. The van der Waals surface area contributed by atoms with Gasteiger partial charge in [0.25, 0.3) is 0 Å². The first-order valence-electron chi connectivity index (χ1n) is 12.1. The number of rotatable bonds is 15. The number of imidazole rings is 1. The highest BCUT2D eigenvalue weighted by Gasteiger charge is 2.31. The summed E-state index contributed by atoms with van der Waals surface area (Å²) in [6, 6.07) is 4.18. The van der Waals surface area contributed by atoms with E-state index in [2.05, 4.69) is 25.9 Å². The molecule has 0 spiro atoms. The van der Waals surface area contributed by atoms with E-state index in [9.17, 15) is 29.1 Å². The molecule has 206 valence electrons. The molecule has 0 fully saturated rings. The smallest absolute Gasteiger partial charge is 0.326 e. The molecule has 0 aliphatic rings. The number of H-pyrrole nitrogens is 1. The maximum atomic E-state index is 13.3. The molecular weight excluding hydrogens is 496 g/mol. The molecule has 3 amide bonds. The number of amides is 3. The van der Waals surface area contributed by atoms with Crippen molar-refractivity contribution in [2.75, 3.05) is 0 Å². The number of nitrogens with zero attached hydrogens (tertiary/aromatic N) is 1.